The first-order valence-corrected chi connectivity index (χ1v) is 16.0. The first kappa shape index (κ1) is 28.4. The molecule has 8 rings (SSSR count). The van der Waals surface area contributed by atoms with E-state index in [0.717, 1.165) is 40.8 Å². The minimum absolute atomic E-state index is 0.365. The lowest BCUT2D eigenvalue weighted by Gasteiger charge is -2.20. The van der Waals surface area contributed by atoms with Crippen LogP contribution in [0.2, 0.25) is 0 Å². The average molecular weight is 605 g/mol. The molecule has 224 valence electrons. The van der Waals surface area contributed by atoms with E-state index in [4.69, 9.17) is 5.41 Å². The molecule has 0 spiro atoms. The summed E-state index contributed by atoms with van der Waals surface area (Å²) in [4.78, 5) is 4.22. The van der Waals surface area contributed by atoms with Crippen molar-refractivity contribution in [1.82, 2.24) is 4.98 Å². The smallest absolute Gasteiger partial charge is 0.109 e. The second kappa shape index (κ2) is 12.3. The monoisotopic (exact) mass is 604 g/mol. The summed E-state index contributed by atoms with van der Waals surface area (Å²) >= 11 is 0. The zero-order valence-corrected chi connectivity index (χ0v) is 25.8. The van der Waals surface area contributed by atoms with Crippen LogP contribution in [0.5, 0.6) is 0 Å². The van der Waals surface area contributed by atoms with Crippen molar-refractivity contribution in [2.45, 2.75) is 12.8 Å². The highest BCUT2D eigenvalue weighted by Crippen LogP contribution is 2.43. The number of nitrogens with one attached hydrogen (secondary N) is 2. The fourth-order valence-corrected chi connectivity index (χ4v) is 6.58. The summed E-state index contributed by atoms with van der Waals surface area (Å²) in [6.45, 7) is 0. The molecule has 0 aliphatic heterocycles. The van der Waals surface area contributed by atoms with E-state index in [1.54, 1.807) is 6.20 Å². The molecule has 2 aliphatic rings. The molecule has 0 bridgehead atoms. The summed E-state index contributed by atoms with van der Waals surface area (Å²) in [7, 11) is 0. The van der Waals surface area contributed by atoms with E-state index < -0.39 is 0 Å². The van der Waals surface area contributed by atoms with Gasteiger partial charge in [-0.25, -0.2) is 0 Å². The Labute approximate surface area is 274 Å². The van der Waals surface area contributed by atoms with Crippen molar-refractivity contribution in [3.8, 4) is 22.3 Å². The van der Waals surface area contributed by atoms with Crippen molar-refractivity contribution >= 4 is 49.8 Å². The number of nitrogens with zero attached hydrogens (tertiary/aromatic N) is 2. The minimum Gasteiger partial charge on any atom is -0.299 e. The van der Waals surface area contributed by atoms with Crippen molar-refractivity contribution < 1.29 is 0 Å². The van der Waals surface area contributed by atoms with Gasteiger partial charge in [-0.05, 0) is 115 Å². The fraction of sp³-hybridized carbons (Fsp3) is 0.0465. The minimum atomic E-state index is 0.365. The van der Waals surface area contributed by atoms with Crippen LogP contribution in [0.4, 0.5) is 5.69 Å². The Kier molecular flexibility index (Phi) is 7.44. The van der Waals surface area contributed by atoms with Gasteiger partial charge in [-0.15, -0.1) is 0 Å². The summed E-state index contributed by atoms with van der Waals surface area (Å²) in [5, 5.41) is 18.2. The van der Waals surface area contributed by atoms with Gasteiger partial charge in [0.25, 0.3) is 0 Å². The Morgan fingerprint density at radius 1 is 0.596 bits per heavy atom. The highest BCUT2D eigenvalue weighted by Gasteiger charge is 2.19. The summed E-state index contributed by atoms with van der Waals surface area (Å²) in [5.74, 6) is 0. The number of benzene rings is 5. The number of hydrazone groups is 1. The zero-order chi connectivity index (χ0) is 31.6. The predicted molar refractivity (Wildman–Crippen MR) is 199 cm³/mol. The Hall–Kier alpha value is -6.13. The molecule has 0 radical (unpaired) electrons. The fourth-order valence-electron chi connectivity index (χ4n) is 6.58. The molecule has 6 aromatic rings. The van der Waals surface area contributed by atoms with E-state index in [9.17, 15) is 0 Å². The third-order valence-electron chi connectivity index (χ3n) is 8.89. The van der Waals surface area contributed by atoms with E-state index in [0.29, 0.717) is 11.4 Å². The summed E-state index contributed by atoms with van der Waals surface area (Å²) in [6.07, 6.45) is 18.5. The van der Waals surface area contributed by atoms with Crippen LogP contribution in [0.15, 0.2) is 163 Å². The SMILES string of the molecule is N=C1C=CC(c2ccc3c(-c4ccccc4)c4ccccc4c(C4=CCCC=C4)c3c2)=C/C1=N/Nc1ccc(-c2cccnc2)cc1. The molecule has 4 nitrogen and oxygen atoms in total. The van der Waals surface area contributed by atoms with E-state index >= 15 is 0 Å². The molecule has 5 aromatic carbocycles. The topological polar surface area (TPSA) is 61.1 Å². The van der Waals surface area contributed by atoms with E-state index in [1.165, 1.54) is 43.8 Å². The van der Waals surface area contributed by atoms with Crippen LogP contribution in [-0.4, -0.2) is 16.4 Å². The van der Waals surface area contributed by atoms with Gasteiger partial charge in [-0.2, -0.15) is 5.10 Å². The molecule has 0 unspecified atom stereocenters. The second-order valence-electron chi connectivity index (χ2n) is 11.8. The molecule has 0 amide bonds. The van der Waals surface area contributed by atoms with Gasteiger partial charge in [0.05, 0.1) is 11.4 Å². The Bertz CT molecular complexity index is 2310. The standard InChI is InChI=1S/C43H32N4/c44-40-24-20-33(27-41(40)47-46-35-21-17-29(18-22-35)34-14-9-25-45-28-34)32-19-23-38-39(26-32)43(31-12-5-2-6-13-31)37-16-8-7-15-36(37)42(38)30-10-3-1-4-11-30/h1,3-5,7-28,44,46H,2,6H2/b44-40?,47-41-. The van der Waals surface area contributed by atoms with Crippen LogP contribution in [0, 0.1) is 5.41 Å². The molecular formula is C43H32N4. The van der Waals surface area contributed by atoms with Gasteiger partial charge in [-0.3, -0.25) is 15.8 Å². The first-order chi connectivity index (χ1) is 23.2. The molecule has 47 heavy (non-hydrogen) atoms. The molecular weight excluding hydrogens is 573 g/mol. The van der Waals surface area contributed by atoms with Crippen LogP contribution in [0.1, 0.15) is 24.0 Å². The summed E-state index contributed by atoms with van der Waals surface area (Å²) in [6, 6.07) is 38.3. The maximum absolute atomic E-state index is 8.60. The average Bonchev–Trinajstić information content (AvgIpc) is 3.14. The Morgan fingerprint density at radius 3 is 2.11 bits per heavy atom. The van der Waals surface area contributed by atoms with Crippen molar-refractivity contribution in [3.05, 3.63) is 169 Å². The Balaban J connectivity index is 1.22. The number of pyridine rings is 1. The molecule has 0 fully saturated rings. The number of anilines is 1. The molecule has 0 saturated carbocycles. The summed E-state index contributed by atoms with van der Waals surface area (Å²) in [5.41, 5.74) is 14.2. The van der Waals surface area contributed by atoms with Gasteiger partial charge >= 0.3 is 0 Å². The van der Waals surface area contributed by atoms with Crippen LogP contribution in [-0.2, 0) is 0 Å². The molecule has 2 N–H and O–H groups in total. The number of rotatable bonds is 6. The van der Waals surface area contributed by atoms with Gasteiger partial charge in [0, 0.05) is 12.4 Å². The van der Waals surface area contributed by atoms with Crippen molar-refractivity contribution in [2.75, 3.05) is 5.43 Å². The van der Waals surface area contributed by atoms with Crippen molar-refractivity contribution in [2.24, 2.45) is 5.10 Å². The van der Waals surface area contributed by atoms with Gasteiger partial charge in [0.1, 0.15) is 5.71 Å². The highest BCUT2D eigenvalue weighted by atomic mass is 15.3. The van der Waals surface area contributed by atoms with Crippen LogP contribution in [0.3, 0.4) is 0 Å². The highest BCUT2D eigenvalue weighted by molar-refractivity contribution is 6.51. The summed E-state index contributed by atoms with van der Waals surface area (Å²) < 4.78 is 0. The number of hydrogen-bond acceptors (Lipinski definition) is 4. The molecule has 2 aliphatic carbocycles. The second-order valence-corrected chi connectivity index (χ2v) is 11.8. The van der Waals surface area contributed by atoms with E-state index in [1.807, 2.05) is 60.8 Å². The largest absolute Gasteiger partial charge is 0.299 e. The molecule has 0 saturated heterocycles. The van der Waals surface area contributed by atoms with Gasteiger partial charge in [-0.1, -0.05) is 109 Å². The zero-order valence-electron chi connectivity index (χ0n) is 25.8. The van der Waals surface area contributed by atoms with Gasteiger partial charge in [0.15, 0.2) is 0 Å². The van der Waals surface area contributed by atoms with E-state index in [-0.39, 0.29) is 0 Å². The quantitative estimate of drug-likeness (QED) is 0.113. The number of aromatic nitrogens is 1. The van der Waals surface area contributed by atoms with Gasteiger partial charge < -0.3 is 0 Å². The molecule has 1 heterocycles. The lowest BCUT2D eigenvalue weighted by Crippen LogP contribution is -2.13. The Morgan fingerprint density at radius 2 is 1.34 bits per heavy atom. The third-order valence-corrected chi connectivity index (χ3v) is 8.89. The molecule has 1 aromatic heterocycles. The normalized spacial score (nSPS) is 15.2. The molecule has 4 heteroatoms. The third kappa shape index (κ3) is 5.51. The lowest BCUT2D eigenvalue weighted by molar-refractivity contribution is 1.04. The maximum Gasteiger partial charge on any atom is 0.109 e. The predicted octanol–water partition coefficient (Wildman–Crippen LogP) is 10.9. The van der Waals surface area contributed by atoms with Crippen molar-refractivity contribution in [3.63, 3.8) is 0 Å². The van der Waals surface area contributed by atoms with Crippen LogP contribution < -0.4 is 5.43 Å². The van der Waals surface area contributed by atoms with Crippen LogP contribution in [0.25, 0.3) is 54.9 Å². The number of allylic oxidation sites excluding steroid dienone is 8. The van der Waals surface area contributed by atoms with Crippen LogP contribution >= 0.6 is 0 Å². The van der Waals surface area contributed by atoms with E-state index in [2.05, 4.69) is 107 Å². The molecule has 0 atom stereocenters. The first-order valence-electron chi connectivity index (χ1n) is 16.0. The maximum atomic E-state index is 8.60. The van der Waals surface area contributed by atoms with Gasteiger partial charge in [0.2, 0.25) is 0 Å². The number of fused-ring (bicyclic) bond motifs is 2. The number of hydrogen-bond donors (Lipinski definition) is 2. The lowest BCUT2D eigenvalue weighted by atomic mass is 9.83. The van der Waals surface area contributed by atoms with Crippen molar-refractivity contribution in [1.29, 1.82) is 5.41 Å².